The van der Waals surface area contributed by atoms with Gasteiger partial charge in [-0.3, -0.25) is 0 Å². The molecule has 0 aliphatic heterocycles. The monoisotopic (exact) mass is 208 g/mol. The Morgan fingerprint density at radius 3 is 2.47 bits per heavy atom. The van der Waals surface area contributed by atoms with Gasteiger partial charge in [-0.15, -0.1) is 0 Å². The standard InChI is InChI=1S/C12H20N2O/c1-10-4-3-5-11(2)12(10)15-9-8-14-7-6-13/h3-5,14H,6-9,13H2,1-2H3. The van der Waals surface area contributed by atoms with Crippen LogP contribution in [0.5, 0.6) is 5.75 Å². The van der Waals surface area contributed by atoms with Gasteiger partial charge in [0.2, 0.25) is 0 Å². The molecule has 3 heteroatoms. The molecule has 0 saturated carbocycles. The van der Waals surface area contributed by atoms with Crippen LogP contribution in [0.3, 0.4) is 0 Å². The fraction of sp³-hybridized carbons (Fsp3) is 0.500. The van der Waals surface area contributed by atoms with Crippen LogP contribution in [0.25, 0.3) is 0 Å². The summed E-state index contributed by atoms with van der Waals surface area (Å²) in [6.07, 6.45) is 0. The van der Waals surface area contributed by atoms with E-state index < -0.39 is 0 Å². The molecule has 0 spiro atoms. The van der Waals surface area contributed by atoms with Gasteiger partial charge in [-0.25, -0.2) is 0 Å². The predicted octanol–water partition coefficient (Wildman–Crippen LogP) is 1.23. The zero-order valence-corrected chi connectivity index (χ0v) is 9.55. The van der Waals surface area contributed by atoms with Crippen molar-refractivity contribution < 1.29 is 4.74 Å². The van der Waals surface area contributed by atoms with Crippen LogP contribution in [0, 0.1) is 13.8 Å². The molecular formula is C12H20N2O. The van der Waals surface area contributed by atoms with Gasteiger partial charge in [0.1, 0.15) is 12.4 Å². The van der Waals surface area contributed by atoms with Gasteiger partial charge in [0.05, 0.1) is 0 Å². The van der Waals surface area contributed by atoms with E-state index in [1.54, 1.807) is 0 Å². The molecule has 0 heterocycles. The molecule has 0 unspecified atom stereocenters. The number of hydrogen-bond acceptors (Lipinski definition) is 3. The van der Waals surface area contributed by atoms with Gasteiger partial charge in [-0.2, -0.15) is 0 Å². The lowest BCUT2D eigenvalue weighted by molar-refractivity contribution is 0.311. The maximum atomic E-state index is 5.71. The van der Waals surface area contributed by atoms with Crippen molar-refractivity contribution in [3.63, 3.8) is 0 Å². The highest BCUT2D eigenvalue weighted by Gasteiger charge is 2.01. The van der Waals surface area contributed by atoms with E-state index >= 15 is 0 Å². The average molecular weight is 208 g/mol. The van der Waals surface area contributed by atoms with Crippen LogP contribution >= 0.6 is 0 Å². The van der Waals surface area contributed by atoms with Crippen LogP contribution in [-0.4, -0.2) is 26.2 Å². The molecule has 84 valence electrons. The molecule has 1 rings (SSSR count). The van der Waals surface area contributed by atoms with Crippen LogP contribution in [0.4, 0.5) is 0 Å². The SMILES string of the molecule is Cc1cccc(C)c1OCCNCCN. The summed E-state index contributed by atoms with van der Waals surface area (Å²) in [5.74, 6) is 1.01. The molecule has 0 aliphatic rings. The number of benzene rings is 1. The summed E-state index contributed by atoms with van der Waals surface area (Å²) in [4.78, 5) is 0. The molecule has 3 nitrogen and oxygen atoms in total. The van der Waals surface area contributed by atoms with E-state index in [1.807, 2.05) is 6.07 Å². The Kier molecular flexibility index (Phi) is 5.15. The molecule has 3 N–H and O–H groups in total. The first-order chi connectivity index (χ1) is 7.25. The first kappa shape index (κ1) is 12.0. The highest BCUT2D eigenvalue weighted by Crippen LogP contribution is 2.21. The fourth-order valence-corrected chi connectivity index (χ4v) is 1.48. The van der Waals surface area contributed by atoms with Crippen molar-refractivity contribution in [2.75, 3.05) is 26.2 Å². The lowest BCUT2D eigenvalue weighted by atomic mass is 10.1. The van der Waals surface area contributed by atoms with E-state index in [9.17, 15) is 0 Å². The topological polar surface area (TPSA) is 47.3 Å². The molecule has 0 radical (unpaired) electrons. The van der Waals surface area contributed by atoms with Crippen molar-refractivity contribution in [2.45, 2.75) is 13.8 Å². The van der Waals surface area contributed by atoms with Crippen LogP contribution in [0.2, 0.25) is 0 Å². The highest BCUT2D eigenvalue weighted by molar-refractivity contribution is 5.39. The lowest BCUT2D eigenvalue weighted by Gasteiger charge is -2.11. The molecule has 1 aromatic carbocycles. The maximum Gasteiger partial charge on any atom is 0.125 e. The van der Waals surface area contributed by atoms with Crippen molar-refractivity contribution in [3.05, 3.63) is 29.3 Å². The van der Waals surface area contributed by atoms with Crippen molar-refractivity contribution >= 4 is 0 Å². The largest absolute Gasteiger partial charge is 0.492 e. The van der Waals surface area contributed by atoms with Gasteiger partial charge >= 0.3 is 0 Å². The quantitative estimate of drug-likeness (QED) is 0.691. The average Bonchev–Trinajstić information content (AvgIpc) is 2.21. The Bertz CT molecular complexity index is 279. The van der Waals surface area contributed by atoms with E-state index in [0.717, 1.165) is 18.8 Å². The predicted molar refractivity (Wildman–Crippen MR) is 63.3 cm³/mol. The summed E-state index contributed by atoms with van der Waals surface area (Å²) < 4.78 is 5.71. The minimum atomic E-state index is 0.670. The van der Waals surface area contributed by atoms with Gasteiger partial charge in [0.25, 0.3) is 0 Å². The summed E-state index contributed by atoms with van der Waals surface area (Å²) in [6.45, 7) is 7.17. The summed E-state index contributed by atoms with van der Waals surface area (Å²) in [5.41, 5.74) is 7.74. The first-order valence-electron chi connectivity index (χ1n) is 5.35. The van der Waals surface area contributed by atoms with Gasteiger partial charge < -0.3 is 15.8 Å². The zero-order chi connectivity index (χ0) is 11.1. The van der Waals surface area contributed by atoms with Gasteiger partial charge in [-0.1, -0.05) is 18.2 Å². The molecule has 0 aliphatic carbocycles. The number of ether oxygens (including phenoxy) is 1. The number of nitrogens with one attached hydrogen (secondary N) is 1. The third-order valence-corrected chi connectivity index (χ3v) is 2.26. The zero-order valence-electron chi connectivity index (χ0n) is 9.55. The van der Waals surface area contributed by atoms with E-state index in [0.29, 0.717) is 13.2 Å². The summed E-state index contributed by atoms with van der Waals surface area (Å²) in [5, 5.41) is 3.19. The molecule has 0 saturated heterocycles. The molecule has 1 aromatic rings. The van der Waals surface area contributed by atoms with Crippen molar-refractivity contribution in [1.82, 2.24) is 5.32 Å². The Morgan fingerprint density at radius 1 is 1.20 bits per heavy atom. The smallest absolute Gasteiger partial charge is 0.125 e. The number of hydrogen-bond donors (Lipinski definition) is 2. The van der Waals surface area contributed by atoms with E-state index in [2.05, 4.69) is 31.3 Å². The number of nitrogens with two attached hydrogens (primary N) is 1. The van der Waals surface area contributed by atoms with Crippen LogP contribution in [-0.2, 0) is 0 Å². The van der Waals surface area contributed by atoms with Gasteiger partial charge in [0.15, 0.2) is 0 Å². The third-order valence-electron chi connectivity index (χ3n) is 2.26. The third kappa shape index (κ3) is 3.90. The second-order valence-electron chi connectivity index (χ2n) is 3.61. The molecular weight excluding hydrogens is 188 g/mol. The van der Waals surface area contributed by atoms with Crippen molar-refractivity contribution in [2.24, 2.45) is 5.73 Å². The van der Waals surface area contributed by atoms with Crippen LogP contribution < -0.4 is 15.8 Å². The fourth-order valence-electron chi connectivity index (χ4n) is 1.48. The van der Waals surface area contributed by atoms with E-state index in [4.69, 9.17) is 10.5 Å². The summed E-state index contributed by atoms with van der Waals surface area (Å²) in [7, 11) is 0. The normalized spacial score (nSPS) is 10.3. The summed E-state index contributed by atoms with van der Waals surface area (Å²) in [6, 6.07) is 6.18. The maximum absolute atomic E-state index is 5.71. The van der Waals surface area contributed by atoms with E-state index in [-0.39, 0.29) is 0 Å². The second kappa shape index (κ2) is 6.43. The van der Waals surface area contributed by atoms with Crippen molar-refractivity contribution in [1.29, 1.82) is 0 Å². The number of aryl methyl sites for hydroxylation is 2. The molecule has 0 aromatic heterocycles. The lowest BCUT2D eigenvalue weighted by Crippen LogP contribution is -2.26. The highest BCUT2D eigenvalue weighted by atomic mass is 16.5. The molecule has 0 bridgehead atoms. The Balaban J connectivity index is 2.37. The first-order valence-corrected chi connectivity index (χ1v) is 5.35. The minimum Gasteiger partial charge on any atom is -0.492 e. The van der Waals surface area contributed by atoms with E-state index in [1.165, 1.54) is 11.1 Å². The van der Waals surface area contributed by atoms with Crippen molar-refractivity contribution in [3.8, 4) is 5.75 Å². The summed E-state index contributed by atoms with van der Waals surface area (Å²) >= 11 is 0. The Hall–Kier alpha value is -1.06. The van der Waals surface area contributed by atoms with Crippen LogP contribution in [0.1, 0.15) is 11.1 Å². The number of rotatable bonds is 6. The minimum absolute atomic E-state index is 0.670. The van der Waals surface area contributed by atoms with Gasteiger partial charge in [-0.05, 0) is 25.0 Å². The molecule has 0 fully saturated rings. The Labute approximate surface area is 91.6 Å². The molecule has 0 atom stereocenters. The number of para-hydroxylation sites is 1. The van der Waals surface area contributed by atoms with Gasteiger partial charge in [0, 0.05) is 19.6 Å². The molecule has 0 amide bonds. The Morgan fingerprint density at radius 2 is 1.87 bits per heavy atom. The van der Waals surface area contributed by atoms with Crippen LogP contribution in [0.15, 0.2) is 18.2 Å². The second-order valence-corrected chi connectivity index (χ2v) is 3.61. The molecule has 15 heavy (non-hydrogen) atoms.